The lowest BCUT2D eigenvalue weighted by molar-refractivity contribution is -0.113. The van der Waals surface area contributed by atoms with E-state index in [1.54, 1.807) is 39.9 Å². The Morgan fingerprint density at radius 3 is 2.40 bits per heavy atom. The number of hydrogen-bond donors (Lipinski definition) is 1. The number of thiophene rings is 1. The summed E-state index contributed by atoms with van der Waals surface area (Å²) in [5, 5.41) is 26.7. The quantitative estimate of drug-likeness (QED) is 0.183. The lowest BCUT2D eigenvalue weighted by Crippen LogP contribution is -2.32. The van der Waals surface area contributed by atoms with Crippen molar-refractivity contribution in [2.75, 3.05) is 4.90 Å². The Hall–Kier alpha value is -5.49. The molecular formula is C39H30ClN5O2S. The zero-order valence-corrected chi connectivity index (χ0v) is 28.0. The van der Waals surface area contributed by atoms with Gasteiger partial charge in [-0.1, -0.05) is 98.3 Å². The van der Waals surface area contributed by atoms with Crippen LogP contribution < -0.4 is 4.90 Å². The van der Waals surface area contributed by atoms with Crippen LogP contribution in [-0.4, -0.2) is 26.6 Å². The van der Waals surface area contributed by atoms with Crippen LogP contribution in [0.3, 0.4) is 0 Å². The first-order valence-corrected chi connectivity index (χ1v) is 16.6. The zero-order chi connectivity index (χ0) is 33.6. The van der Waals surface area contributed by atoms with Crippen molar-refractivity contribution in [1.82, 2.24) is 9.78 Å². The summed E-state index contributed by atoms with van der Waals surface area (Å²) >= 11 is 8.26. The number of para-hydroxylation sites is 2. The van der Waals surface area contributed by atoms with Crippen LogP contribution in [0.15, 0.2) is 107 Å². The molecule has 1 amide bonds. The number of anilines is 1. The number of amides is 1. The minimum absolute atomic E-state index is 0.0494. The molecule has 1 N–H and O–H groups in total. The number of aromatic hydroxyl groups is 1. The average Bonchev–Trinajstić information content (AvgIpc) is 3.71. The molecule has 0 spiro atoms. The van der Waals surface area contributed by atoms with Crippen molar-refractivity contribution in [2.45, 2.75) is 32.6 Å². The first-order chi connectivity index (χ1) is 23.2. The normalized spacial score (nSPS) is 16.3. The second-order valence-corrected chi connectivity index (χ2v) is 13.7. The number of carbonyl (C=O) groups excluding carboxylic acids is 1. The van der Waals surface area contributed by atoms with E-state index >= 15 is 0 Å². The molecule has 3 heterocycles. The Kier molecular flexibility index (Phi) is 7.96. The molecule has 7 nitrogen and oxygen atoms in total. The number of nitriles is 1. The fraction of sp³-hybridized carbons (Fsp3) is 0.128. The SMILES string of the molecule is Cc1nn(-c2ccccc2)c(Cl)c1/C=C\C1=Cc2c(sc(N3C(=O)/C(=C\c4ccccc4O)N=C3c3ccccc3)c2C#N)C(C)(C)C1. The number of halogens is 1. The van der Waals surface area contributed by atoms with Crippen LogP contribution >= 0.6 is 22.9 Å². The lowest BCUT2D eigenvalue weighted by Gasteiger charge is -2.29. The summed E-state index contributed by atoms with van der Waals surface area (Å²) in [6.45, 7) is 6.24. The Morgan fingerprint density at radius 1 is 1.00 bits per heavy atom. The van der Waals surface area contributed by atoms with Gasteiger partial charge in [0.05, 0.1) is 16.9 Å². The van der Waals surface area contributed by atoms with Gasteiger partial charge in [0.15, 0.2) is 0 Å². The smallest absolute Gasteiger partial charge is 0.283 e. The topological polar surface area (TPSA) is 94.5 Å². The number of benzene rings is 3. The van der Waals surface area contributed by atoms with E-state index in [2.05, 4.69) is 25.0 Å². The van der Waals surface area contributed by atoms with Gasteiger partial charge in [-0.3, -0.25) is 4.79 Å². The molecule has 0 saturated heterocycles. The van der Waals surface area contributed by atoms with Crippen LogP contribution in [0.2, 0.25) is 5.15 Å². The van der Waals surface area contributed by atoms with Gasteiger partial charge < -0.3 is 5.11 Å². The average molecular weight is 668 g/mol. The maximum Gasteiger partial charge on any atom is 0.283 e. The largest absolute Gasteiger partial charge is 0.507 e. The van der Waals surface area contributed by atoms with E-state index < -0.39 is 0 Å². The molecular weight excluding hydrogens is 638 g/mol. The van der Waals surface area contributed by atoms with Crippen molar-refractivity contribution < 1.29 is 9.90 Å². The van der Waals surface area contributed by atoms with E-state index in [9.17, 15) is 15.2 Å². The molecule has 5 aromatic rings. The predicted octanol–water partition coefficient (Wildman–Crippen LogP) is 9.09. The van der Waals surface area contributed by atoms with Crippen molar-refractivity contribution in [1.29, 1.82) is 5.26 Å². The monoisotopic (exact) mass is 667 g/mol. The number of carbonyl (C=O) groups is 1. The molecule has 48 heavy (non-hydrogen) atoms. The standard InChI is InChI=1S/C39H30ClN5O2S/c1-24-29(35(40)45(43-24)28-15-8-5-9-16-28)19-18-25-20-30-31(23-41)38(48-34(30)39(2,3)22-25)44-36(26-12-6-4-7-13-26)42-32(37(44)47)21-27-14-10-11-17-33(27)46/h4-21,46H,22H2,1-3H3/b19-18-,32-21+. The molecule has 9 heteroatoms. The molecule has 7 rings (SSSR count). The number of fused-ring (bicyclic) bond motifs is 1. The Morgan fingerprint density at radius 2 is 1.69 bits per heavy atom. The van der Waals surface area contributed by atoms with Gasteiger partial charge in [0.2, 0.25) is 0 Å². The molecule has 0 fully saturated rings. The number of rotatable bonds is 6. The Bertz CT molecular complexity index is 2250. The third kappa shape index (κ3) is 5.47. The van der Waals surface area contributed by atoms with Gasteiger partial charge in [-0.05, 0) is 55.3 Å². The molecule has 0 atom stereocenters. The number of aryl methyl sites for hydroxylation is 1. The van der Waals surface area contributed by atoms with E-state index in [1.165, 1.54) is 11.3 Å². The van der Waals surface area contributed by atoms with Gasteiger partial charge >= 0.3 is 0 Å². The van der Waals surface area contributed by atoms with Crippen molar-refractivity contribution in [3.63, 3.8) is 0 Å². The highest BCUT2D eigenvalue weighted by Gasteiger charge is 2.40. The second kappa shape index (κ2) is 12.3. The van der Waals surface area contributed by atoms with Crippen LogP contribution in [-0.2, 0) is 10.2 Å². The van der Waals surface area contributed by atoms with Crippen LogP contribution in [0.1, 0.15) is 58.7 Å². The van der Waals surface area contributed by atoms with Gasteiger partial charge in [-0.2, -0.15) is 10.4 Å². The maximum atomic E-state index is 14.2. The summed E-state index contributed by atoms with van der Waals surface area (Å²) in [6.07, 6.45) is 8.37. The lowest BCUT2D eigenvalue weighted by atomic mass is 9.77. The van der Waals surface area contributed by atoms with E-state index in [-0.39, 0.29) is 22.8 Å². The number of phenols is 1. The minimum Gasteiger partial charge on any atom is -0.507 e. The first-order valence-electron chi connectivity index (χ1n) is 15.4. The number of nitrogens with zero attached hydrogens (tertiary/aromatic N) is 5. The van der Waals surface area contributed by atoms with Gasteiger partial charge in [0, 0.05) is 32.5 Å². The number of hydrogen-bond acceptors (Lipinski definition) is 6. The predicted molar refractivity (Wildman–Crippen MR) is 194 cm³/mol. The highest BCUT2D eigenvalue weighted by Crippen LogP contribution is 2.50. The fourth-order valence-corrected chi connectivity index (χ4v) is 7.81. The first kappa shape index (κ1) is 31.1. The van der Waals surface area contributed by atoms with Crippen LogP contribution in [0.4, 0.5) is 5.00 Å². The molecule has 0 unspecified atom stereocenters. The van der Waals surface area contributed by atoms with Crippen molar-refractivity contribution in [2.24, 2.45) is 4.99 Å². The van der Waals surface area contributed by atoms with Crippen molar-refractivity contribution in [3.05, 3.63) is 146 Å². The fourth-order valence-electron chi connectivity index (χ4n) is 6.15. The van der Waals surface area contributed by atoms with Crippen LogP contribution in [0.25, 0.3) is 23.9 Å². The molecule has 236 valence electrons. The van der Waals surface area contributed by atoms with Crippen LogP contribution in [0, 0.1) is 18.3 Å². The molecule has 1 aliphatic heterocycles. The number of aliphatic imine (C=N–C) groups is 1. The molecule has 0 bridgehead atoms. The number of amidine groups is 1. The highest BCUT2D eigenvalue weighted by atomic mass is 35.5. The summed E-state index contributed by atoms with van der Waals surface area (Å²) in [7, 11) is 0. The molecule has 1 aliphatic carbocycles. The number of phenolic OH excluding ortho intramolecular Hbond substituents is 1. The third-order valence-corrected chi connectivity index (χ3v) is 10.4. The van der Waals surface area contributed by atoms with Gasteiger partial charge in [0.25, 0.3) is 5.91 Å². The Labute approximate surface area is 287 Å². The summed E-state index contributed by atoms with van der Waals surface area (Å²) in [6, 6.07) is 28.4. The summed E-state index contributed by atoms with van der Waals surface area (Å²) in [5.41, 5.74) is 5.83. The molecule has 0 saturated carbocycles. The van der Waals surface area contributed by atoms with Gasteiger partial charge in [-0.25, -0.2) is 14.6 Å². The maximum absolute atomic E-state index is 14.2. The minimum atomic E-state index is -0.366. The molecule has 2 aliphatic rings. The van der Waals surface area contributed by atoms with Crippen LogP contribution in [0.5, 0.6) is 5.75 Å². The van der Waals surface area contributed by atoms with E-state index in [4.69, 9.17) is 16.6 Å². The summed E-state index contributed by atoms with van der Waals surface area (Å²) < 4.78 is 1.73. The molecule has 0 radical (unpaired) electrons. The summed E-state index contributed by atoms with van der Waals surface area (Å²) in [5.74, 6) is 0.114. The van der Waals surface area contributed by atoms with Crippen molar-refractivity contribution >= 4 is 57.9 Å². The van der Waals surface area contributed by atoms with Crippen molar-refractivity contribution in [3.8, 4) is 17.5 Å². The molecule has 3 aromatic carbocycles. The van der Waals surface area contributed by atoms with E-state index in [0.29, 0.717) is 27.1 Å². The summed E-state index contributed by atoms with van der Waals surface area (Å²) in [4.78, 5) is 21.5. The van der Waals surface area contributed by atoms with E-state index in [0.717, 1.165) is 44.9 Å². The molecule has 2 aromatic heterocycles. The number of allylic oxidation sites excluding steroid dienone is 2. The Balaban J connectivity index is 1.31. The van der Waals surface area contributed by atoms with E-state index in [1.807, 2.05) is 85.8 Å². The second-order valence-electron chi connectivity index (χ2n) is 12.3. The number of aromatic nitrogens is 2. The van der Waals surface area contributed by atoms with Gasteiger partial charge in [-0.15, -0.1) is 11.3 Å². The highest BCUT2D eigenvalue weighted by molar-refractivity contribution is 7.17. The zero-order valence-electron chi connectivity index (χ0n) is 26.5. The van der Waals surface area contributed by atoms with Gasteiger partial charge in [0.1, 0.15) is 33.5 Å². The third-order valence-electron chi connectivity index (χ3n) is 8.47.